The molecule has 19 heavy (non-hydrogen) atoms. The molecular weight excluding hydrogens is 260 g/mol. The van der Waals surface area contributed by atoms with E-state index in [0.717, 1.165) is 17.8 Å². The SMILES string of the molecule is CNCc1cccc(N2CC(SC(C)=O)CC2=O)c1. The maximum absolute atomic E-state index is 12.0. The lowest BCUT2D eigenvalue weighted by Gasteiger charge is -2.17. The normalized spacial score (nSPS) is 18.9. The predicted octanol–water partition coefficient (Wildman–Crippen LogP) is 1.79. The van der Waals surface area contributed by atoms with Gasteiger partial charge in [0, 0.05) is 37.4 Å². The molecule has 2 rings (SSSR count). The van der Waals surface area contributed by atoms with Gasteiger partial charge in [-0.05, 0) is 24.7 Å². The van der Waals surface area contributed by atoms with Crippen molar-refractivity contribution in [1.82, 2.24) is 5.32 Å². The van der Waals surface area contributed by atoms with E-state index in [2.05, 4.69) is 5.32 Å². The summed E-state index contributed by atoms with van der Waals surface area (Å²) in [5.41, 5.74) is 2.07. The van der Waals surface area contributed by atoms with E-state index in [-0.39, 0.29) is 16.3 Å². The average molecular weight is 278 g/mol. The second kappa shape index (κ2) is 6.21. The molecule has 1 unspecified atom stereocenters. The van der Waals surface area contributed by atoms with Gasteiger partial charge in [0.05, 0.1) is 0 Å². The Morgan fingerprint density at radius 3 is 3.00 bits per heavy atom. The molecule has 0 saturated carbocycles. The van der Waals surface area contributed by atoms with Crippen LogP contribution in [-0.4, -0.2) is 29.9 Å². The highest BCUT2D eigenvalue weighted by atomic mass is 32.2. The zero-order valence-corrected chi connectivity index (χ0v) is 12.0. The number of rotatable bonds is 4. The molecular formula is C14H18N2O2S. The Balaban J connectivity index is 2.11. The van der Waals surface area contributed by atoms with Gasteiger partial charge >= 0.3 is 0 Å². The van der Waals surface area contributed by atoms with Crippen molar-refractivity contribution in [2.45, 2.75) is 25.1 Å². The number of hydrogen-bond donors (Lipinski definition) is 1. The Kier molecular flexibility index (Phi) is 4.61. The molecule has 1 aliphatic heterocycles. The van der Waals surface area contributed by atoms with E-state index in [9.17, 15) is 9.59 Å². The van der Waals surface area contributed by atoms with Gasteiger partial charge in [-0.15, -0.1) is 0 Å². The van der Waals surface area contributed by atoms with Crippen molar-refractivity contribution in [2.75, 3.05) is 18.5 Å². The van der Waals surface area contributed by atoms with Crippen molar-refractivity contribution in [1.29, 1.82) is 0 Å². The van der Waals surface area contributed by atoms with Gasteiger partial charge in [0.2, 0.25) is 5.91 Å². The van der Waals surface area contributed by atoms with Crippen LogP contribution in [0.15, 0.2) is 24.3 Å². The lowest BCUT2D eigenvalue weighted by Crippen LogP contribution is -2.25. The first-order chi connectivity index (χ1) is 9.10. The lowest BCUT2D eigenvalue weighted by atomic mass is 10.2. The molecule has 1 aromatic carbocycles. The van der Waals surface area contributed by atoms with E-state index >= 15 is 0 Å². The molecule has 1 atom stereocenters. The summed E-state index contributed by atoms with van der Waals surface area (Å²) in [5, 5.41) is 3.25. The molecule has 1 aliphatic rings. The molecule has 0 spiro atoms. The topological polar surface area (TPSA) is 49.4 Å². The first-order valence-electron chi connectivity index (χ1n) is 6.31. The number of carbonyl (C=O) groups excluding carboxylic acids is 2. The maximum Gasteiger partial charge on any atom is 0.228 e. The molecule has 0 aliphatic carbocycles. The van der Waals surface area contributed by atoms with Crippen LogP contribution in [-0.2, 0) is 16.1 Å². The van der Waals surface area contributed by atoms with Crippen LogP contribution in [0.4, 0.5) is 5.69 Å². The molecule has 0 aromatic heterocycles. The molecule has 1 saturated heterocycles. The largest absolute Gasteiger partial charge is 0.316 e. The smallest absolute Gasteiger partial charge is 0.228 e. The number of nitrogens with zero attached hydrogens (tertiary/aromatic N) is 1. The van der Waals surface area contributed by atoms with Gasteiger partial charge in [-0.2, -0.15) is 0 Å². The van der Waals surface area contributed by atoms with Crippen LogP contribution < -0.4 is 10.2 Å². The van der Waals surface area contributed by atoms with Gasteiger partial charge in [-0.3, -0.25) is 9.59 Å². The third kappa shape index (κ3) is 3.58. The minimum atomic E-state index is 0.0728. The van der Waals surface area contributed by atoms with E-state index < -0.39 is 0 Å². The first-order valence-corrected chi connectivity index (χ1v) is 7.19. The minimum Gasteiger partial charge on any atom is -0.316 e. The van der Waals surface area contributed by atoms with Crippen LogP contribution in [0, 0.1) is 0 Å². The molecule has 1 heterocycles. The van der Waals surface area contributed by atoms with Gasteiger partial charge in [0.25, 0.3) is 0 Å². The van der Waals surface area contributed by atoms with Crippen molar-refractivity contribution in [3.63, 3.8) is 0 Å². The fourth-order valence-corrected chi connectivity index (χ4v) is 3.20. The predicted molar refractivity (Wildman–Crippen MR) is 78.2 cm³/mol. The molecule has 1 amide bonds. The van der Waals surface area contributed by atoms with Crippen molar-refractivity contribution < 1.29 is 9.59 Å². The van der Waals surface area contributed by atoms with E-state index in [1.165, 1.54) is 11.8 Å². The lowest BCUT2D eigenvalue weighted by molar-refractivity contribution is -0.117. The van der Waals surface area contributed by atoms with Crippen LogP contribution in [0.5, 0.6) is 0 Å². The molecule has 1 aromatic rings. The highest BCUT2D eigenvalue weighted by Gasteiger charge is 2.31. The Hall–Kier alpha value is -1.33. The summed E-state index contributed by atoms with van der Waals surface area (Å²) in [5.74, 6) is 0.0976. The highest BCUT2D eigenvalue weighted by Crippen LogP contribution is 2.28. The number of amides is 1. The summed E-state index contributed by atoms with van der Waals surface area (Å²) in [6.07, 6.45) is 0.445. The summed E-state index contributed by atoms with van der Waals surface area (Å²) in [6.45, 7) is 2.94. The van der Waals surface area contributed by atoms with Crippen molar-refractivity contribution >= 4 is 28.5 Å². The quantitative estimate of drug-likeness (QED) is 0.912. The van der Waals surface area contributed by atoms with E-state index in [1.807, 2.05) is 31.3 Å². The zero-order valence-electron chi connectivity index (χ0n) is 11.2. The summed E-state index contributed by atoms with van der Waals surface area (Å²) in [4.78, 5) is 24.9. The van der Waals surface area contributed by atoms with Crippen LogP contribution in [0.1, 0.15) is 18.9 Å². The van der Waals surface area contributed by atoms with Gasteiger partial charge in [0.15, 0.2) is 5.12 Å². The molecule has 0 bridgehead atoms. The molecule has 1 N–H and O–H groups in total. The summed E-state index contributed by atoms with van der Waals surface area (Å²) < 4.78 is 0. The molecule has 1 fully saturated rings. The number of nitrogens with one attached hydrogen (secondary N) is 1. The minimum absolute atomic E-state index is 0.0728. The Bertz CT molecular complexity index is 490. The number of carbonyl (C=O) groups is 2. The third-order valence-corrected chi connectivity index (χ3v) is 4.01. The summed E-state index contributed by atoms with van der Waals surface area (Å²) >= 11 is 1.26. The van der Waals surface area contributed by atoms with Gasteiger partial charge in [0.1, 0.15) is 0 Å². The van der Waals surface area contributed by atoms with Gasteiger partial charge in [-0.1, -0.05) is 23.9 Å². The van der Waals surface area contributed by atoms with Crippen LogP contribution in [0.2, 0.25) is 0 Å². The number of anilines is 1. The van der Waals surface area contributed by atoms with Crippen LogP contribution in [0.3, 0.4) is 0 Å². The second-order valence-electron chi connectivity index (χ2n) is 4.64. The van der Waals surface area contributed by atoms with Gasteiger partial charge in [-0.25, -0.2) is 0 Å². The maximum atomic E-state index is 12.0. The van der Waals surface area contributed by atoms with E-state index in [1.54, 1.807) is 11.8 Å². The Morgan fingerprint density at radius 1 is 1.53 bits per heavy atom. The van der Waals surface area contributed by atoms with Crippen molar-refractivity contribution in [2.24, 2.45) is 0 Å². The average Bonchev–Trinajstić information content (AvgIpc) is 2.70. The number of benzene rings is 1. The Labute approximate surface area is 117 Å². The Morgan fingerprint density at radius 2 is 2.32 bits per heavy atom. The molecule has 5 heteroatoms. The van der Waals surface area contributed by atoms with Gasteiger partial charge < -0.3 is 10.2 Å². The van der Waals surface area contributed by atoms with Crippen molar-refractivity contribution in [3.05, 3.63) is 29.8 Å². The molecule has 4 nitrogen and oxygen atoms in total. The zero-order chi connectivity index (χ0) is 13.8. The molecule has 0 radical (unpaired) electrons. The van der Waals surface area contributed by atoms with Crippen LogP contribution in [0.25, 0.3) is 0 Å². The summed E-state index contributed by atoms with van der Waals surface area (Å²) in [7, 11) is 1.90. The first kappa shape index (κ1) is 14.1. The fraction of sp³-hybridized carbons (Fsp3) is 0.429. The van der Waals surface area contributed by atoms with E-state index in [0.29, 0.717) is 13.0 Å². The second-order valence-corrected chi connectivity index (χ2v) is 6.12. The fourth-order valence-electron chi connectivity index (χ4n) is 2.28. The highest BCUT2D eigenvalue weighted by molar-refractivity contribution is 8.14. The number of thioether (sulfide) groups is 1. The monoisotopic (exact) mass is 278 g/mol. The number of hydrogen-bond acceptors (Lipinski definition) is 4. The summed E-state index contributed by atoms with van der Waals surface area (Å²) in [6, 6.07) is 7.95. The van der Waals surface area contributed by atoms with Crippen molar-refractivity contribution in [3.8, 4) is 0 Å². The third-order valence-electron chi connectivity index (χ3n) is 3.03. The van der Waals surface area contributed by atoms with Crippen LogP contribution >= 0.6 is 11.8 Å². The van der Waals surface area contributed by atoms with E-state index in [4.69, 9.17) is 0 Å². The molecule has 102 valence electrons. The standard InChI is InChI=1S/C14H18N2O2S/c1-10(17)19-13-7-14(18)16(9-13)12-5-3-4-11(6-12)8-15-2/h3-6,13,15H,7-9H2,1-2H3.